The van der Waals surface area contributed by atoms with Crippen molar-refractivity contribution in [2.24, 2.45) is 14.1 Å². The molecule has 8 heteroatoms. The highest BCUT2D eigenvalue weighted by atomic mass is 16.2. The van der Waals surface area contributed by atoms with Gasteiger partial charge in [-0.05, 0) is 32.0 Å². The first-order valence-corrected chi connectivity index (χ1v) is 8.37. The van der Waals surface area contributed by atoms with Gasteiger partial charge >= 0.3 is 11.1 Å². The maximum atomic E-state index is 12.6. The third-order valence-electron chi connectivity index (χ3n) is 4.86. The second-order valence-corrected chi connectivity index (χ2v) is 6.49. The van der Waals surface area contributed by atoms with Crippen LogP contribution in [0.3, 0.4) is 0 Å². The lowest BCUT2D eigenvalue weighted by Crippen LogP contribution is -2.44. The van der Waals surface area contributed by atoms with E-state index in [1.807, 2.05) is 19.3 Å². The number of nitrogens with one attached hydrogen (secondary N) is 1. The van der Waals surface area contributed by atoms with Crippen LogP contribution in [0.4, 0.5) is 0 Å². The van der Waals surface area contributed by atoms with E-state index in [0.29, 0.717) is 11.2 Å². The van der Waals surface area contributed by atoms with E-state index in [1.54, 1.807) is 28.7 Å². The van der Waals surface area contributed by atoms with E-state index in [-0.39, 0.29) is 6.04 Å². The first-order chi connectivity index (χ1) is 12.1. The standard InChI is InChI=1S/C17H20N6O2/c1-21-10-12(9-20-21)11-7-14-15(19-8-11)23(13-3-5-18-6-4-13)17(25)16(24)22(14)2/h7-10,13,18H,3-6H2,1-2H3. The first kappa shape index (κ1) is 15.8. The molecule has 1 fully saturated rings. The topological polar surface area (TPSA) is 86.7 Å². The molecule has 1 aliphatic heterocycles. The number of piperidine rings is 1. The van der Waals surface area contributed by atoms with E-state index in [9.17, 15) is 9.59 Å². The minimum atomic E-state index is -0.517. The summed E-state index contributed by atoms with van der Waals surface area (Å²) in [7, 11) is 3.47. The maximum Gasteiger partial charge on any atom is 0.318 e. The number of hydrogen-bond donors (Lipinski definition) is 1. The Kier molecular flexibility index (Phi) is 3.76. The third kappa shape index (κ3) is 2.58. The van der Waals surface area contributed by atoms with Gasteiger partial charge in [-0.1, -0.05) is 0 Å². The van der Waals surface area contributed by atoms with Crippen molar-refractivity contribution in [3.8, 4) is 11.1 Å². The van der Waals surface area contributed by atoms with Crippen LogP contribution in [0.15, 0.2) is 34.2 Å². The van der Waals surface area contributed by atoms with Crippen molar-refractivity contribution < 1.29 is 0 Å². The Balaban J connectivity index is 1.96. The molecule has 0 unspecified atom stereocenters. The lowest BCUT2D eigenvalue weighted by atomic mass is 10.1. The highest BCUT2D eigenvalue weighted by Crippen LogP contribution is 2.24. The molecule has 3 aromatic heterocycles. The fourth-order valence-electron chi connectivity index (χ4n) is 3.46. The summed E-state index contributed by atoms with van der Waals surface area (Å²) in [5.74, 6) is 0. The van der Waals surface area contributed by atoms with Crippen LogP contribution < -0.4 is 16.4 Å². The van der Waals surface area contributed by atoms with Crippen LogP contribution in [0.25, 0.3) is 22.3 Å². The minimum absolute atomic E-state index is 0.00175. The molecule has 0 spiro atoms. The molecule has 1 aliphatic rings. The SMILES string of the molecule is Cn1cc(-c2cnc3c(c2)n(C)c(=O)c(=O)n3C2CCNCC2)cn1. The number of hydrogen-bond acceptors (Lipinski definition) is 5. The maximum absolute atomic E-state index is 12.6. The van der Waals surface area contributed by atoms with Gasteiger partial charge in [0.2, 0.25) is 0 Å². The molecule has 0 saturated carbocycles. The summed E-state index contributed by atoms with van der Waals surface area (Å²) in [6.45, 7) is 1.67. The van der Waals surface area contributed by atoms with Gasteiger partial charge in [0, 0.05) is 43.7 Å². The highest BCUT2D eigenvalue weighted by Gasteiger charge is 2.22. The summed E-state index contributed by atoms with van der Waals surface area (Å²) in [6, 6.07) is 1.90. The lowest BCUT2D eigenvalue weighted by molar-refractivity contribution is 0.365. The van der Waals surface area contributed by atoms with Crippen LogP contribution in [0.5, 0.6) is 0 Å². The van der Waals surface area contributed by atoms with Gasteiger partial charge in [0.25, 0.3) is 0 Å². The van der Waals surface area contributed by atoms with Gasteiger partial charge in [-0.3, -0.25) is 18.8 Å². The van der Waals surface area contributed by atoms with Crippen molar-refractivity contribution in [2.75, 3.05) is 13.1 Å². The Hall–Kier alpha value is -2.74. The summed E-state index contributed by atoms with van der Waals surface area (Å²) >= 11 is 0. The Bertz CT molecular complexity index is 1060. The summed E-state index contributed by atoms with van der Waals surface area (Å²) in [5.41, 5.74) is 1.99. The average Bonchev–Trinajstić information content (AvgIpc) is 3.07. The number of aromatic nitrogens is 5. The number of nitrogens with zero attached hydrogens (tertiary/aromatic N) is 5. The Morgan fingerprint density at radius 3 is 2.52 bits per heavy atom. The Morgan fingerprint density at radius 1 is 1.08 bits per heavy atom. The molecule has 0 radical (unpaired) electrons. The number of rotatable bonds is 2. The predicted octanol–water partition coefficient (Wildman–Crippen LogP) is 0.420. The molecule has 0 aromatic carbocycles. The molecule has 0 aliphatic carbocycles. The summed E-state index contributed by atoms with van der Waals surface area (Å²) in [6.07, 6.45) is 7.01. The number of aryl methyl sites for hydroxylation is 2. The van der Waals surface area contributed by atoms with Gasteiger partial charge in [0.1, 0.15) is 0 Å². The fraction of sp³-hybridized carbons (Fsp3) is 0.412. The summed E-state index contributed by atoms with van der Waals surface area (Å²) in [4.78, 5) is 29.6. The molecule has 1 N–H and O–H groups in total. The molecular weight excluding hydrogens is 320 g/mol. The number of pyridine rings is 1. The van der Waals surface area contributed by atoms with Gasteiger partial charge in [-0.25, -0.2) is 4.98 Å². The molecule has 25 heavy (non-hydrogen) atoms. The molecule has 0 amide bonds. The van der Waals surface area contributed by atoms with Crippen molar-refractivity contribution in [1.29, 1.82) is 0 Å². The van der Waals surface area contributed by atoms with Crippen LogP contribution >= 0.6 is 0 Å². The van der Waals surface area contributed by atoms with Crippen LogP contribution in [-0.2, 0) is 14.1 Å². The Morgan fingerprint density at radius 2 is 1.84 bits per heavy atom. The Labute approximate surface area is 143 Å². The smallest absolute Gasteiger partial charge is 0.317 e. The minimum Gasteiger partial charge on any atom is -0.317 e. The molecule has 3 aromatic rings. The second-order valence-electron chi connectivity index (χ2n) is 6.49. The van der Waals surface area contributed by atoms with Gasteiger partial charge in [-0.2, -0.15) is 5.10 Å². The van der Waals surface area contributed by atoms with Crippen molar-refractivity contribution in [1.82, 2.24) is 29.2 Å². The van der Waals surface area contributed by atoms with Crippen LogP contribution in [-0.4, -0.2) is 37.0 Å². The molecule has 4 rings (SSSR count). The van der Waals surface area contributed by atoms with Gasteiger partial charge < -0.3 is 9.88 Å². The van der Waals surface area contributed by atoms with Crippen molar-refractivity contribution >= 4 is 11.2 Å². The third-order valence-corrected chi connectivity index (χ3v) is 4.86. The molecular formula is C17H20N6O2. The average molecular weight is 340 g/mol. The molecule has 8 nitrogen and oxygen atoms in total. The zero-order chi connectivity index (χ0) is 17.6. The van der Waals surface area contributed by atoms with Crippen LogP contribution in [0.2, 0.25) is 0 Å². The monoisotopic (exact) mass is 340 g/mol. The normalized spacial score (nSPS) is 15.8. The van der Waals surface area contributed by atoms with Crippen molar-refractivity contribution in [3.05, 3.63) is 45.4 Å². The predicted molar refractivity (Wildman–Crippen MR) is 94.6 cm³/mol. The van der Waals surface area contributed by atoms with E-state index in [4.69, 9.17) is 0 Å². The zero-order valence-corrected chi connectivity index (χ0v) is 14.3. The molecule has 130 valence electrons. The quantitative estimate of drug-likeness (QED) is 0.683. The zero-order valence-electron chi connectivity index (χ0n) is 14.3. The van der Waals surface area contributed by atoms with E-state index in [2.05, 4.69) is 15.4 Å². The molecule has 0 bridgehead atoms. The summed E-state index contributed by atoms with van der Waals surface area (Å²) < 4.78 is 4.70. The fourth-order valence-corrected chi connectivity index (χ4v) is 3.46. The lowest BCUT2D eigenvalue weighted by Gasteiger charge is -2.26. The van der Waals surface area contributed by atoms with Crippen molar-refractivity contribution in [3.63, 3.8) is 0 Å². The molecule has 0 atom stereocenters. The highest BCUT2D eigenvalue weighted by molar-refractivity contribution is 5.78. The van der Waals surface area contributed by atoms with Gasteiger partial charge in [-0.15, -0.1) is 0 Å². The van der Waals surface area contributed by atoms with Crippen molar-refractivity contribution in [2.45, 2.75) is 18.9 Å². The summed E-state index contributed by atoms with van der Waals surface area (Å²) in [5, 5.41) is 7.46. The van der Waals surface area contributed by atoms with E-state index in [0.717, 1.165) is 37.1 Å². The second kappa shape index (κ2) is 5.96. The number of fused-ring (bicyclic) bond motifs is 1. The van der Waals surface area contributed by atoms with Crippen LogP contribution in [0.1, 0.15) is 18.9 Å². The van der Waals surface area contributed by atoms with Gasteiger partial charge in [0.05, 0.1) is 11.7 Å². The van der Waals surface area contributed by atoms with E-state index >= 15 is 0 Å². The van der Waals surface area contributed by atoms with E-state index in [1.165, 1.54) is 4.57 Å². The van der Waals surface area contributed by atoms with E-state index < -0.39 is 11.1 Å². The van der Waals surface area contributed by atoms with Crippen LogP contribution in [0, 0.1) is 0 Å². The first-order valence-electron chi connectivity index (χ1n) is 8.37. The molecule has 4 heterocycles. The van der Waals surface area contributed by atoms with Gasteiger partial charge in [0.15, 0.2) is 5.65 Å². The largest absolute Gasteiger partial charge is 0.318 e. The molecule has 1 saturated heterocycles.